The Labute approximate surface area is 160 Å². The van der Waals surface area contributed by atoms with Crippen LogP contribution in [0.2, 0.25) is 0 Å². The fourth-order valence-electron chi connectivity index (χ4n) is 3.32. The standard InChI is InChI=1S/C19H19N2O7/c1-27-18(23)19(10-16(19)17(22)20-24)13-5-3-7-15(9-13)28-11-12-4-2-6-14(8-12)21(25)26/h2-9,16,21,24H,10-11H2,1H3,(H,20,22)/q-1/t16-,19-/m1/s1. The monoisotopic (exact) mass is 387 g/mol. The molecule has 0 spiro atoms. The van der Waals surface area contributed by atoms with Crippen LogP contribution < -0.4 is 15.4 Å². The summed E-state index contributed by atoms with van der Waals surface area (Å²) in [5.41, 5.74) is 1.63. The molecule has 2 aromatic carbocycles. The summed E-state index contributed by atoms with van der Waals surface area (Å²) in [6.07, 6.45) is 0.211. The summed E-state index contributed by atoms with van der Waals surface area (Å²) in [5.74, 6) is -1.52. The number of hydroxylamine groups is 1. The van der Waals surface area contributed by atoms with Crippen LogP contribution in [0, 0.1) is 16.3 Å². The summed E-state index contributed by atoms with van der Waals surface area (Å²) in [4.78, 5) is 24.1. The normalized spacial score (nSPS) is 20.5. The van der Waals surface area contributed by atoms with E-state index >= 15 is 0 Å². The zero-order valence-corrected chi connectivity index (χ0v) is 15.0. The van der Waals surface area contributed by atoms with Gasteiger partial charge in [-0.25, -0.2) is 5.48 Å². The average Bonchev–Trinajstić information content (AvgIpc) is 3.48. The minimum atomic E-state index is -1.27. The van der Waals surface area contributed by atoms with Gasteiger partial charge in [-0.05, 0) is 35.7 Å². The van der Waals surface area contributed by atoms with Gasteiger partial charge in [-0.15, -0.1) is 0 Å². The number of benzene rings is 2. The van der Waals surface area contributed by atoms with Crippen LogP contribution in [0.5, 0.6) is 5.75 Å². The highest BCUT2D eigenvalue weighted by Crippen LogP contribution is 2.55. The lowest BCUT2D eigenvalue weighted by atomic mass is 9.92. The molecule has 28 heavy (non-hydrogen) atoms. The summed E-state index contributed by atoms with van der Waals surface area (Å²) in [6.45, 7) is 0.107. The lowest BCUT2D eigenvalue weighted by molar-refractivity contribution is -0.715. The van der Waals surface area contributed by atoms with Crippen LogP contribution in [0.3, 0.4) is 0 Å². The van der Waals surface area contributed by atoms with Gasteiger partial charge in [0.2, 0.25) is 5.91 Å². The van der Waals surface area contributed by atoms with Gasteiger partial charge in [0.25, 0.3) is 0 Å². The minimum absolute atomic E-state index is 0.0512. The topological polar surface area (TPSA) is 135 Å². The van der Waals surface area contributed by atoms with Crippen LogP contribution in [-0.2, 0) is 26.3 Å². The average molecular weight is 387 g/mol. The van der Waals surface area contributed by atoms with E-state index in [4.69, 9.17) is 14.7 Å². The van der Waals surface area contributed by atoms with Gasteiger partial charge in [-0.1, -0.05) is 24.3 Å². The van der Waals surface area contributed by atoms with E-state index in [2.05, 4.69) is 0 Å². The molecular weight excluding hydrogens is 368 g/mol. The van der Waals surface area contributed by atoms with Crippen molar-refractivity contribution in [2.75, 3.05) is 7.11 Å². The second-order valence-electron chi connectivity index (χ2n) is 6.50. The van der Waals surface area contributed by atoms with E-state index in [1.807, 2.05) is 0 Å². The predicted molar refractivity (Wildman–Crippen MR) is 96.3 cm³/mol. The lowest BCUT2D eigenvalue weighted by Gasteiger charge is -2.24. The molecule has 1 saturated carbocycles. The number of carbonyl (C=O) groups excluding carboxylic acids is 2. The predicted octanol–water partition coefficient (Wildman–Crippen LogP) is 0.714. The molecule has 0 radical (unpaired) electrons. The second-order valence-corrected chi connectivity index (χ2v) is 6.50. The molecule has 1 amide bonds. The highest BCUT2D eigenvalue weighted by molar-refractivity contribution is 5.97. The zero-order chi connectivity index (χ0) is 20.3. The van der Waals surface area contributed by atoms with Crippen molar-refractivity contribution in [3.63, 3.8) is 0 Å². The van der Waals surface area contributed by atoms with Gasteiger partial charge in [0, 0.05) is 6.07 Å². The van der Waals surface area contributed by atoms with Crippen molar-refractivity contribution in [1.82, 2.24) is 5.48 Å². The number of quaternary nitrogens is 1. The molecule has 9 heteroatoms. The van der Waals surface area contributed by atoms with Crippen LogP contribution in [0.1, 0.15) is 17.5 Å². The van der Waals surface area contributed by atoms with E-state index in [0.717, 1.165) is 0 Å². The van der Waals surface area contributed by atoms with E-state index in [1.165, 1.54) is 19.2 Å². The number of nitrogens with one attached hydrogen (secondary N) is 2. The van der Waals surface area contributed by atoms with E-state index in [1.54, 1.807) is 41.9 Å². The van der Waals surface area contributed by atoms with Crippen LogP contribution in [-0.4, -0.2) is 24.2 Å². The van der Waals surface area contributed by atoms with Crippen molar-refractivity contribution in [2.24, 2.45) is 5.92 Å². The molecule has 9 nitrogen and oxygen atoms in total. The van der Waals surface area contributed by atoms with Crippen LogP contribution in [0.15, 0.2) is 48.5 Å². The van der Waals surface area contributed by atoms with Crippen molar-refractivity contribution in [2.45, 2.75) is 18.4 Å². The van der Waals surface area contributed by atoms with E-state index in [-0.39, 0.29) is 18.7 Å². The molecule has 0 aromatic heterocycles. The molecule has 0 unspecified atom stereocenters. The van der Waals surface area contributed by atoms with Gasteiger partial charge >= 0.3 is 5.97 Å². The van der Waals surface area contributed by atoms with E-state index < -0.39 is 28.4 Å². The molecule has 2 atom stereocenters. The number of rotatable bonds is 7. The molecule has 3 N–H and O–H groups in total. The van der Waals surface area contributed by atoms with E-state index in [0.29, 0.717) is 16.9 Å². The highest BCUT2D eigenvalue weighted by Gasteiger charge is 2.65. The van der Waals surface area contributed by atoms with Crippen molar-refractivity contribution < 1.29 is 29.5 Å². The number of hydrogen-bond acceptors (Lipinski definition) is 7. The fraction of sp³-hybridized carbons (Fsp3) is 0.263. The first-order valence-electron chi connectivity index (χ1n) is 8.48. The number of ether oxygens (including phenoxy) is 2. The number of methoxy groups -OCH3 is 1. The van der Waals surface area contributed by atoms with Crippen LogP contribution in [0.4, 0.5) is 5.69 Å². The summed E-state index contributed by atoms with van der Waals surface area (Å²) in [7, 11) is 1.24. The first-order chi connectivity index (χ1) is 13.4. The third-order valence-electron chi connectivity index (χ3n) is 4.85. The van der Waals surface area contributed by atoms with Crippen LogP contribution in [0.25, 0.3) is 0 Å². The SMILES string of the molecule is COC(=O)[C@@]1(c2cccc(OCc3cccc([NH+]([O-])[O-])c3)c2)C[C@@H]1C(=O)NO. The first kappa shape index (κ1) is 19.8. The molecule has 0 saturated heterocycles. The highest BCUT2D eigenvalue weighted by atomic mass is 16.8. The quantitative estimate of drug-likeness (QED) is 0.362. The number of hydrogen-bond donors (Lipinski definition) is 3. The Morgan fingerprint density at radius 2 is 2.00 bits per heavy atom. The lowest BCUT2D eigenvalue weighted by Crippen LogP contribution is -2.96. The third kappa shape index (κ3) is 3.69. The fourth-order valence-corrected chi connectivity index (χ4v) is 3.32. The summed E-state index contributed by atoms with van der Waals surface area (Å²) in [6, 6.07) is 12.9. The van der Waals surface area contributed by atoms with Gasteiger partial charge in [-0.2, -0.15) is 0 Å². The Kier molecular flexibility index (Phi) is 5.61. The smallest absolute Gasteiger partial charge is 0.317 e. The maximum Gasteiger partial charge on any atom is 0.317 e. The van der Waals surface area contributed by atoms with Crippen molar-refractivity contribution in [3.05, 3.63) is 70.1 Å². The molecule has 148 valence electrons. The molecular formula is C19H19N2O7-. The van der Waals surface area contributed by atoms with Crippen LogP contribution >= 0.6 is 0 Å². The van der Waals surface area contributed by atoms with Gasteiger partial charge < -0.3 is 25.1 Å². The Hall–Kier alpha value is -2.98. The van der Waals surface area contributed by atoms with E-state index in [9.17, 15) is 20.0 Å². The molecule has 3 rings (SSSR count). The molecule has 0 aliphatic heterocycles. The minimum Gasteiger partial charge on any atom is -0.628 e. The Morgan fingerprint density at radius 1 is 1.25 bits per heavy atom. The molecule has 1 aliphatic rings. The zero-order valence-electron chi connectivity index (χ0n) is 15.0. The molecule has 0 bridgehead atoms. The third-order valence-corrected chi connectivity index (χ3v) is 4.85. The van der Waals surface area contributed by atoms with Gasteiger partial charge in [0.1, 0.15) is 23.5 Å². The van der Waals surface area contributed by atoms with Crippen molar-refractivity contribution in [1.29, 1.82) is 0 Å². The Morgan fingerprint density at radius 3 is 2.68 bits per heavy atom. The van der Waals surface area contributed by atoms with Gasteiger partial charge in [0.15, 0.2) is 0 Å². The first-order valence-corrected chi connectivity index (χ1v) is 8.48. The maximum absolute atomic E-state index is 12.3. The summed E-state index contributed by atoms with van der Waals surface area (Å²) >= 11 is 0. The largest absolute Gasteiger partial charge is 0.628 e. The van der Waals surface area contributed by atoms with Gasteiger partial charge in [0.05, 0.1) is 13.0 Å². The Bertz CT molecular complexity index is 886. The molecule has 2 aromatic rings. The maximum atomic E-state index is 12.3. The number of amides is 1. The van der Waals surface area contributed by atoms with Crippen molar-refractivity contribution in [3.8, 4) is 5.75 Å². The number of esters is 1. The molecule has 1 aliphatic carbocycles. The van der Waals surface area contributed by atoms with Crippen molar-refractivity contribution >= 4 is 17.6 Å². The van der Waals surface area contributed by atoms with Gasteiger partial charge in [-0.3, -0.25) is 14.8 Å². The summed E-state index contributed by atoms with van der Waals surface area (Å²) in [5, 5.41) is 29.5. The molecule has 1 fully saturated rings. The summed E-state index contributed by atoms with van der Waals surface area (Å²) < 4.78 is 10.6. The number of carbonyl (C=O) groups is 2. The second kappa shape index (κ2) is 7.95. The molecule has 0 heterocycles. The Balaban J connectivity index is 1.79.